The maximum Gasteiger partial charge on any atom is 0.264 e. The Hall–Kier alpha value is -1.99. The summed E-state index contributed by atoms with van der Waals surface area (Å²) in [6.45, 7) is 6.58. The van der Waals surface area contributed by atoms with Crippen molar-refractivity contribution in [2.24, 2.45) is 0 Å². The predicted octanol–water partition coefficient (Wildman–Crippen LogP) is 2.58. The second-order valence-corrected chi connectivity index (χ2v) is 8.27. The van der Waals surface area contributed by atoms with Crippen molar-refractivity contribution >= 4 is 17.2 Å². The van der Waals surface area contributed by atoms with Gasteiger partial charge in [0, 0.05) is 32.1 Å². The SMILES string of the molecule is CC(C)N1CCc2nc(C3CCCN3C(=O)c3cccs3)[nH]c(=O)c2C1. The number of amides is 1. The molecule has 1 amide bonds. The van der Waals surface area contributed by atoms with Gasteiger partial charge in [0.15, 0.2) is 0 Å². The van der Waals surface area contributed by atoms with Gasteiger partial charge in [0.1, 0.15) is 5.82 Å². The number of rotatable bonds is 3. The van der Waals surface area contributed by atoms with Crippen LogP contribution in [0.15, 0.2) is 22.3 Å². The topological polar surface area (TPSA) is 69.3 Å². The van der Waals surface area contributed by atoms with Crippen LogP contribution >= 0.6 is 11.3 Å². The van der Waals surface area contributed by atoms with E-state index in [2.05, 4.69) is 23.7 Å². The molecule has 2 aromatic rings. The molecule has 0 saturated carbocycles. The highest BCUT2D eigenvalue weighted by molar-refractivity contribution is 7.12. The number of fused-ring (bicyclic) bond motifs is 1. The molecule has 2 aliphatic rings. The number of carbonyl (C=O) groups excluding carboxylic acids is 1. The highest BCUT2D eigenvalue weighted by Gasteiger charge is 2.34. The number of H-pyrrole nitrogens is 1. The first-order chi connectivity index (χ1) is 12.5. The van der Waals surface area contributed by atoms with Crippen molar-refractivity contribution in [2.45, 2.75) is 51.7 Å². The molecule has 1 atom stereocenters. The molecular formula is C19H24N4O2S. The lowest BCUT2D eigenvalue weighted by atomic mass is 10.0. The lowest BCUT2D eigenvalue weighted by Gasteiger charge is -2.31. The number of hydrogen-bond donors (Lipinski definition) is 1. The average Bonchev–Trinajstić information content (AvgIpc) is 3.32. The van der Waals surface area contributed by atoms with E-state index in [-0.39, 0.29) is 17.5 Å². The summed E-state index contributed by atoms with van der Waals surface area (Å²) in [4.78, 5) is 38.2. The molecule has 0 aliphatic carbocycles. The molecule has 26 heavy (non-hydrogen) atoms. The summed E-state index contributed by atoms with van der Waals surface area (Å²) in [5, 5.41) is 1.91. The molecular weight excluding hydrogens is 348 g/mol. The maximum atomic E-state index is 12.8. The number of aromatic nitrogens is 2. The van der Waals surface area contributed by atoms with Crippen LogP contribution < -0.4 is 5.56 Å². The summed E-state index contributed by atoms with van der Waals surface area (Å²) in [5.74, 6) is 0.683. The summed E-state index contributed by atoms with van der Waals surface area (Å²) in [6, 6.07) is 4.02. The lowest BCUT2D eigenvalue weighted by molar-refractivity contribution is 0.0734. The van der Waals surface area contributed by atoms with E-state index in [1.807, 2.05) is 22.4 Å². The molecule has 0 bridgehead atoms. The van der Waals surface area contributed by atoms with Gasteiger partial charge in [0.2, 0.25) is 0 Å². The molecule has 138 valence electrons. The number of nitrogens with one attached hydrogen (secondary N) is 1. The van der Waals surface area contributed by atoms with Crippen molar-refractivity contribution in [3.63, 3.8) is 0 Å². The Morgan fingerprint density at radius 3 is 2.96 bits per heavy atom. The van der Waals surface area contributed by atoms with Gasteiger partial charge in [-0.25, -0.2) is 4.98 Å². The van der Waals surface area contributed by atoms with Gasteiger partial charge in [0.25, 0.3) is 11.5 Å². The number of thiophene rings is 1. The van der Waals surface area contributed by atoms with Crippen molar-refractivity contribution < 1.29 is 4.79 Å². The summed E-state index contributed by atoms with van der Waals surface area (Å²) < 4.78 is 0. The van der Waals surface area contributed by atoms with Crippen molar-refractivity contribution in [2.75, 3.05) is 13.1 Å². The Balaban J connectivity index is 1.63. The largest absolute Gasteiger partial charge is 0.328 e. The highest BCUT2D eigenvalue weighted by Crippen LogP contribution is 2.32. The van der Waals surface area contributed by atoms with Crippen molar-refractivity contribution in [1.82, 2.24) is 19.8 Å². The molecule has 1 saturated heterocycles. The van der Waals surface area contributed by atoms with E-state index in [1.54, 1.807) is 0 Å². The zero-order chi connectivity index (χ0) is 18.3. The molecule has 7 heteroatoms. The van der Waals surface area contributed by atoms with E-state index >= 15 is 0 Å². The molecule has 4 heterocycles. The van der Waals surface area contributed by atoms with Gasteiger partial charge in [0.05, 0.1) is 22.2 Å². The molecule has 0 aromatic carbocycles. The van der Waals surface area contributed by atoms with Gasteiger partial charge in [-0.15, -0.1) is 11.3 Å². The molecule has 2 aliphatic heterocycles. The zero-order valence-electron chi connectivity index (χ0n) is 15.2. The summed E-state index contributed by atoms with van der Waals surface area (Å²) >= 11 is 1.45. The zero-order valence-corrected chi connectivity index (χ0v) is 16.0. The van der Waals surface area contributed by atoms with Gasteiger partial charge in [-0.2, -0.15) is 0 Å². The van der Waals surface area contributed by atoms with Crippen LogP contribution in [0.3, 0.4) is 0 Å². The van der Waals surface area contributed by atoms with Crippen LogP contribution in [0.5, 0.6) is 0 Å². The molecule has 1 unspecified atom stereocenters. The second kappa shape index (κ2) is 6.96. The van der Waals surface area contributed by atoms with Gasteiger partial charge in [-0.05, 0) is 38.1 Å². The normalized spacial score (nSPS) is 20.6. The standard InChI is InChI=1S/C19H24N4O2S/c1-12(2)22-9-7-14-13(11-22)18(24)21-17(20-14)15-5-3-8-23(15)19(25)16-6-4-10-26-16/h4,6,10,12,15H,3,5,7-9,11H2,1-2H3,(H,20,21,24). The molecule has 1 N–H and O–H groups in total. The number of nitrogens with zero attached hydrogens (tertiary/aromatic N) is 3. The smallest absolute Gasteiger partial charge is 0.264 e. The first kappa shape index (κ1) is 17.4. The second-order valence-electron chi connectivity index (χ2n) is 7.32. The molecule has 0 spiro atoms. The Labute approximate surface area is 156 Å². The number of likely N-dealkylation sites (tertiary alicyclic amines) is 1. The Morgan fingerprint density at radius 1 is 1.38 bits per heavy atom. The summed E-state index contributed by atoms with van der Waals surface area (Å²) in [5.41, 5.74) is 1.63. The third-order valence-electron chi connectivity index (χ3n) is 5.41. The van der Waals surface area contributed by atoms with Gasteiger partial charge in [-0.1, -0.05) is 6.07 Å². The molecule has 4 rings (SSSR count). The van der Waals surface area contributed by atoms with Crippen LogP contribution in [-0.4, -0.2) is 44.8 Å². The van der Waals surface area contributed by atoms with Crippen molar-refractivity contribution in [3.8, 4) is 0 Å². The van der Waals surface area contributed by atoms with Crippen LogP contribution in [0.2, 0.25) is 0 Å². The van der Waals surface area contributed by atoms with E-state index in [0.29, 0.717) is 25.0 Å². The van der Waals surface area contributed by atoms with E-state index in [4.69, 9.17) is 4.98 Å². The summed E-state index contributed by atoms with van der Waals surface area (Å²) in [7, 11) is 0. The fourth-order valence-corrected chi connectivity index (χ4v) is 4.58. The molecule has 2 aromatic heterocycles. The average molecular weight is 372 g/mol. The highest BCUT2D eigenvalue weighted by atomic mass is 32.1. The number of aromatic amines is 1. The monoisotopic (exact) mass is 372 g/mol. The van der Waals surface area contributed by atoms with Gasteiger partial charge < -0.3 is 9.88 Å². The van der Waals surface area contributed by atoms with Crippen LogP contribution in [0.1, 0.15) is 59.5 Å². The van der Waals surface area contributed by atoms with E-state index in [0.717, 1.165) is 41.9 Å². The maximum absolute atomic E-state index is 12.8. The van der Waals surface area contributed by atoms with Crippen molar-refractivity contribution in [3.05, 3.63) is 49.8 Å². The predicted molar refractivity (Wildman–Crippen MR) is 101 cm³/mol. The fraction of sp³-hybridized carbons (Fsp3) is 0.526. The third kappa shape index (κ3) is 3.10. The minimum Gasteiger partial charge on any atom is -0.328 e. The Kier molecular flexibility index (Phi) is 4.67. The molecule has 1 fully saturated rings. The van der Waals surface area contributed by atoms with Gasteiger partial charge >= 0.3 is 0 Å². The Bertz CT molecular complexity index is 859. The van der Waals surface area contributed by atoms with Crippen LogP contribution in [0.4, 0.5) is 0 Å². The van der Waals surface area contributed by atoms with E-state index in [1.165, 1.54) is 11.3 Å². The fourth-order valence-electron chi connectivity index (χ4n) is 3.90. The van der Waals surface area contributed by atoms with Crippen LogP contribution in [-0.2, 0) is 13.0 Å². The Morgan fingerprint density at radius 2 is 2.23 bits per heavy atom. The van der Waals surface area contributed by atoms with Crippen molar-refractivity contribution in [1.29, 1.82) is 0 Å². The first-order valence-electron chi connectivity index (χ1n) is 9.25. The van der Waals surface area contributed by atoms with E-state index in [9.17, 15) is 9.59 Å². The molecule has 6 nitrogen and oxygen atoms in total. The first-order valence-corrected chi connectivity index (χ1v) is 10.1. The number of hydrogen-bond acceptors (Lipinski definition) is 5. The third-order valence-corrected chi connectivity index (χ3v) is 6.27. The lowest BCUT2D eigenvalue weighted by Crippen LogP contribution is -2.40. The minimum atomic E-state index is -0.134. The quantitative estimate of drug-likeness (QED) is 0.899. The molecule has 0 radical (unpaired) electrons. The van der Waals surface area contributed by atoms with Gasteiger partial charge in [-0.3, -0.25) is 14.5 Å². The number of carbonyl (C=O) groups is 1. The minimum absolute atomic E-state index is 0.0360. The van der Waals surface area contributed by atoms with Crippen LogP contribution in [0.25, 0.3) is 0 Å². The van der Waals surface area contributed by atoms with E-state index < -0.39 is 0 Å². The summed E-state index contributed by atoms with van der Waals surface area (Å²) in [6.07, 6.45) is 2.57. The van der Waals surface area contributed by atoms with Crippen LogP contribution in [0, 0.1) is 0 Å².